The van der Waals surface area contributed by atoms with Gasteiger partial charge in [-0.2, -0.15) is 0 Å². The summed E-state index contributed by atoms with van der Waals surface area (Å²) >= 11 is 0. The van der Waals surface area contributed by atoms with E-state index in [1.807, 2.05) is 6.08 Å². The molecule has 0 aromatic heterocycles. The second-order valence-electron chi connectivity index (χ2n) is 5.75. The van der Waals surface area contributed by atoms with Crippen LogP contribution < -0.4 is 0 Å². The first-order valence-electron chi connectivity index (χ1n) is 8.63. The van der Waals surface area contributed by atoms with E-state index >= 15 is 0 Å². The third-order valence-electron chi connectivity index (χ3n) is 3.72. The molecule has 0 aliphatic heterocycles. The zero-order valence-corrected chi connectivity index (χ0v) is 14.0. The Balaban J connectivity index is 3.10. The highest BCUT2D eigenvalue weighted by Gasteiger charge is 1.97. The molecule has 0 aliphatic carbocycles. The number of carboxylic acid groups (broad SMARTS) is 1. The molecular weight excluding hydrogens is 280 g/mol. The summed E-state index contributed by atoms with van der Waals surface area (Å²) in [7, 11) is 1.39. The van der Waals surface area contributed by atoms with Crippen LogP contribution in [0.15, 0.2) is 12.2 Å². The van der Waals surface area contributed by atoms with Crippen molar-refractivity contribution in [2.75, 3.05) is 7.11 Å². The van der Waals surface area contributed by atoms with Crippen molar-refractivity contribution in [3.8, 4) is 0 Å². The maximum absolute atomic E-state index is 10.8. The number of carboxylic acids is 1. The number of rotatable bonds is 15. The van der Waals surface area contributed by atoms with E-state index < -0.39 is 5.97 Å². The van der Waals surface area contributed by atoms with Crippen LogP contribution in [-0.4, -0.2) is 24.2 Å². The topological polar surface area (TPSA) is 63.6 Å². The standard InChI is InChI=1S/C18H32O4/c1-22-18(21)16-14-12-10-8-6-4-2-3-5-7-9-11-13-15-17(19)20/h14,16H,2-13,15H2,1H3,(H,19,20). The molecule has 0 bridgehead atoms. The molecule has 0 atom stereocenters. The van der Waals surface area contributed by atoms with Gasteiger partial charge in [-0.25, -0.2) is 4.79 Å². The number of hydrogen-bond acceptors (Lipinski definition) is 3. The zero-order chi connectivity index (χ0) is 16.5. The number of methoxy groups -OCH3 is 1. The lowest BCUT2D eigenvalue weighted by Gasteiger charge is -2.02. The van der Waals surface area contributed by atoms with Gasteiger partial charge in [0.05, 0.1) is 7.11 Å². The summed E-state index contributed by atoms with van der Waals surface area (Å²) in [6.07, 6.45) is 17.7. The van der Waals surface area contributed by atoms with Crippen molar-refractivity contribution in [2.24, 2.45) is 0 Å². The number of esters is 1. The Morgan fingerprint density at radius 2 is 1.27 bits per heavy atom. The molecule has 0 amide bonds. The Morgan fingerprint density at radius 3 is 1.73 bits per heavy atom. The van der Waals surface area contributed by atoms with Gasteiger partial charge in [-0.05, 0) is 19.3 Å². The number of carbonyl (C=O) groups is 2. The van der Waals surface area contributed by atoms with E-state index in [4.69, 9.17) is 5.11 Å². The molecule has 0 unspecified atom stereocenters. The Bertz CT molecular complexity index is 310. The summed E-state index contributed by atoms with van der Waals surface area (Å²) in [5.74, 6) is -0.955. The first-order valence-corrected chi connectivity index (χ1v) is 8.63. The van der Waals surface area contributed by atoms with E-state index in [9.17, 15) is 9.59 Å². The van der Waals surface area contributed by atoms with Crippen LogP contribution in [0.5, 0.6) is 0 Å². The summed E-state index contributed by atoms with van der Waals surface area (Å²) in [5.41, 5.74) is 0. The third-order valence-corrected chi connectivity index (χ3v) is 3.72. The maximum Gasteiger partial charge on any atom is 0.330 e. The smallest absolute Gasteiger partial charge is 0.330 e. The highest BCUT2D eigenvalue weighted by Crippen LogP contribution is 2.12. The van der Waals surface area contributed by atoms with Gasteiger partial charge < -0.3 is 9.84 Å². The summed E-state index contributed by atoms with van der Waals surface area (Å²) < 4.78 is 4.52. The number of hydrogen-bond donors (Lipinski definition) is 1. The second kappa shape index (κ2) is 16.1. The molecule has 0 fully saturated rings. The summed E-state index contributed by atoms with van der Waals surface area (Å²) in [5, 5.41) is 8.52. The fraction of sp³-hybridized carbons (Fsp3) is 0.778. The lowest BCUT2D eigenvalue weighted by molar-refractivity contribution is -0.137. The fourth-order valence-corrected chi connectivity index (χ4v) is 2.38. The van der Waals surface area contributed by atoms with Crippen molar-refractivity contribution in [1.82, 2.24) is 0 Å². The molecule has 0 rings (SSSR count). The van der Waals surface area contributed by atoms with Crippen LogP contribution in [0.1, 0.15) is 83.5 Å². The third kappa shape index (κ3) is 16.7. The van der Waals surface area contributed by atoms with Crippen LogP contribution in [0, 0.1) is 0 Å². The normalized spacial score (nSPS) is 11.0. The minimum absolute atomic E-state index is 0.275. The van der Waals surface area contributed by atoms with Crippen molar-refractivity contribution in [3.05, 3.63) is 12.2 Å². The summed E-state index contributed by atoms with van der Waals surface area (Å²) in [6.45, 7) is 0. The average molecular weight is 312 g/mol. The van der Waals surface area contributed by atoms with Gasteiger partial charge in [0.15, 0.2) is 0 Å². The fourth-order valence-electron chi connectivity index (χ4n) is 2.38. The van der Waals surface area contributed by atoms with E-state index in [-0.39, 0.29) is 5.97 Å². The Hall–Kier alpha value is -1.32. The Labute approximate surface area is 134 Å². The van der Waals surface area contributed by atoms with Gasteiger partial charge in [0.2, 0.25) is 0 Å². The van der Waals surface area contributed by atoms with Crippen LogP contribution in [0.3, 0.4) is 0 Å². The molecule has 0 saturated carbocycles. The highest BCUT2D eigenvalue weighted by molar-refractivity contribution is 5.81. The van der Waals surface area contributed by atoms with Crippen LogP contribution in [-0.2, 0) is 14.3 Å². The first-order chi connectivity index (χ1) is 10.7. The lowest BCUT2D eigenvalue weighted by atomic mass is 10.0. The Morgan fingerprint density at radius 1 is 0.818 bits per heavy atom. The molecule has 0 heterocycles. The number of unbranched alkanes of at least 4 members (excludes halogenated alkanes) is 11. The maximum atomic E-state index is 10.8. The molecule has 0 aliphatic rings. The van der Waals surface area contributed by atoms with Gasteiger partial charge in [0, 0.05) is 12.5 Å². The zero-order valence-electron chi connectivity index (χ0n) is 14.0. The van der Waals surface area contributed by atoms with E-state index in [1.165, 1.54) is 64.6 Å². The minimum Gasteiger partial charge on any atom is -0.481 e. The second-order valence-corrected chi connectivity index (χ2v) is 5.75. The van der Waals surface area contributed by atoms with Crippen molar-refractivity contribution in [1.29, 1.82) is 0 Å². The van der Waals surface area contributed by atoms with Gasteiger partial charge >= 0.3 is 11.9 Å². The molecule has 0 radical (unpaired) electrons. The minimum atomic E-state index is -0.680. The van der Waals surface area contributed by atoms with Crippen molar-refractivity contribution in [2.45, 2.75) is 83.5 Å². The molecule has 1 N–H and O–H groups in total. The number of allylic oxidation sites excluding steroid dienone is 1. The lowest BCUT2D eigenvalue weighted by Crippen LogP contribution is -1.93. The molecule has 22 heavy (non-hydrogen) atoms. The van der Waals surface area contributed by atoms with Gasteiger partial charge in [0.1, 0.15) is 0 Å². The molecule has 4 heteroatoms. The van der Waals surface area contributed by atoms with E-state index in [0.717, 1.165) is 25.7 Å². The van der Waals surface area contributed by atoms with Gasteiger partial charge in [0.25, 0.3) is 0 Å². The number of carbonyl (C=O) groups excluding carboxylic acids is 1. The van der Waals surface area contributed by atoms with E-state index in [1.54, 1.807) is 0 Å². The van der Waals surface area contributed by atoms with Crippen LogP contribution in [0.2, 0.25) is 0 Å². The van der Waals surface area contributed by atoms with Crippen molar-refractivity contribution in [3.63, 3.8) is 0 Å². The SMILES string of the molecule is COC(=O)C=CCCCCCCCCCCCCCC(=O)O. The summed E-state index contributed by atoms with van der Waals surface area (Å²) in [4.78, 5) is 21.2. The van der Waals surface area contributed by atoms with Crippen LogP contribution in [0.4, 0.5) is 0 Å². The van der Waals surface area contributed by atoms with Crippen LogP contribution >= 0.6 is 0 Å². The predicted octanol–water partition coefficient (Wildman–Crippen LogP) is 4.87. The molecule has 0 aromatic carbocycles. The van der Waals surface area contributed by atoms with Crippen molar-refractivity contribution < 1.29 is 19.4 Å². The van der Waals surface area contributed by atoms with E-state index in [0.29, 0.717) is 6.42 Å². The van der Waals surface area contributed by atoms with E-state index in [2.05, 4.69) is 4.74 Å². The highest BCUT2D eigenvalue weighted by atomic mass is 16.5. The van der Waals surface area contributed by atoms with Gasteiger partial charge in [-0.1, -0.05) is 63.9 Å². The van der Waals surface area contributed by atoms with Gasteiger partial charge in [-0.15, -0.1) is 0 Å². The quantitative estimate of drug-likeness (QED) is 0.266. The molecule has 0 aromatic rings. The molecule has 4 nitrogen and oxygen atoms in total. The average Bonchev–Trinajstić information content (AvgIpc) is 2.50. The molecule has 0 spiro atoms. The number of ether oxygens (including phenoxy) is 1. The predicted molar refractivity (Wildman–Crippen MR) is 88.8 cm³/mol. The van der Waals surface area contributed by atoms with Crippen molar-refractivity contribution >= 4 is 11.9 Å². The number of aliphatic carboxylic acids is 1. The largest absolute Gasteiger partial charge is 0.481 e. The first kappa shape index (κ1) is 20.7. The Kier molecular flexibility index (Phi) is 15.1. The molecular formula is C18H32O4. The summed E-state index contributed by atoms with van der Waals surface area (Å²) in [6, 6.07) is 0. The molecule has 128 valence electrons. The monoisotopic (exact) mass is 312 g/mol. The molecule has 0 saturated heterocycles. The van der Waals surface area contributed by atoms with Gasteiger partial charge in [-0.3, -0.25) is 4.79 Å². The van der Waals surface area contributed by atoms with Crippen LogP contribution in [0.25, 0.3) is 0 Å².